The van der Waals surface area contributed by atoms with Gasteiger partial charge in [-0.1, -0.05) is 41.6 Å². The highest BCUT2D eigenvalue weighted by molar-refractivity contribution is 7.98. The molecule has 0 bridgehead atoms. The number of sulfone groups is 1. The number of carbonyl (C=O) groups excluding carboxylic acids is 1. The Kier molecular flexibility index (Phi) is 6.82. The molecule has 1 aliphatic heterocycles. The maximum absolute atomic E-state index is 13.9. The van der Waals surface area contributed by atoms with Crippen LogP contribution in [0.15, 0.2) is 58.4 Å². The number of aromatic nitrogens is 2. The zero-order valence-corrected chi connectivity index (χ0v) is 19.2. The third-order valence-corrected chi connectivity index (χ3v) is 7.99. The third kappa shape index (κ3) is 5.31. The number of carbonyl (C=O) groups is 1. The monoisotopic (exact) mass is 495 g/mol. The number of benzene rings is 1. The van der Waals surface area contributed by atoms with E-state index in [0.717, 1.165) is 0 Å². The lowest BCUT2D eigenvalue weighted by Crippen LogP contribution is -2.41. The summed E-state index contributed by atoms with van der Waals surface area (Å²) in [6, 6.07) is 9.26. The molecular formula is C21H19ClFN3O4S2. The molecule has 0 N–H and O–H groups in total. The largest absolute Gasteiger partial charge is 0.467 e. The van der Waals surface area contributed by atoms with Crippen LogP contribution < -0.4 is 0 Å². The molecule has 0 saturated carbocycles. The van der Waals surface area contributed by atoms with Gasteiger partial charge in [0, 0.05) is 11.8 Å². The maximum atomic E-state index is 13.9. The fourth-order valence-electron chi connectivity index (χ4n) is 3.42. The van der Waals surface area contributed by atoms with Crippen molar-refractivity contribution in [2.45, 2.75) is 29.9 Å². The van der Waals surface area contributed by atoms with E-state index in [1.165, 1.54) is 35.2 Å². The minimum absolute atomic E-state index is 0.0147. The molecular weight excluding hydrogens is 477 g/mol. The third-order valence-electron chi connectivity index (χ3n) is 5.06. The quantitative estimate of drug-likeness (QED) is 0.361. The van der Waals surface area contributed by atoms with Gasteiger partial charge in [0.05, 0.1) is 35.5 Å². The molecule has 0 unspecified atom stereocenters. The van der Waals surface area contributed by atoms with Gasteiger partial charge in [-0.05, 0) is 30.2 Å². The highest BCUT2D eigenvalue weighted by Gasteiger charge is 2.36. The Bertz CT molecular complexity index is 1220. The van der Waals surface area contributed by atoms with Crippen molar-refractivity contribution in [3.63, 3.8) is 0 Å². The van der Waals surface area contributed by atoms with E-state index in [9.17, 15) is 17.6 Å². The van der Waals surface area contributed by atoms with E-state index >= 15 is 0 Å². The van der Waals surface area contributed by atoms with Crippen LogP contribution in [0, 0.1) is 5.82 Å². The number of amides is 1. The first kappa shape index (κ1) is 22.8. The van der Waals surface area contributed by atoms with Crippen molar-refractivity contribution in [1.82, 2.24) is 14.9 Å². The van der Waals surface area contributed by atoms with E-state index in [2.05, 4.69) is 9.97 Å². The number of thioether (sulfide) groups is 1. The second-order valence-electron chi connectivity index (χ2n) is 7.30. The highest BCUT2D eigenvalue weighted by Crippen LogP contribution is 2.27. The normalized spacial score (nSPS) is 17.4. The van der Waals surface area contributed by atoms with Gasteiger partial charge in [-0.25, -0.2) is 22.8 Å². The van der Waals surface area contributed by atoms with E-state index in [-0.39, 0.29) is 45.5 Å². The van der Waals surface area contributed by atoms with Gasteiger partial charge < -0.3 is 9.32 Å². The summed E-state index contributed by atoms with van der Waals surface area (Å²) in [4.78, 5) is 23.3. The lowest BCUT2D eigenvalue weighted by atomic mass is 10.2. The van der Waals surface area contributed by atoms with Crippen molar-refractivity contribution in [1.29, 1.82) is 0 Å². The summed E-state index contributed by atoms with van der Waals surface area (Å²) in [7, 11) is -3.23. The molecule has 1 fully saturated rings. The van der Waals surface area contributed by atoms with Crippen LogP contribution in [0.1, 0.15) is 28.2 Å². The number of furan rings is 1. The lowest BCUT2D eigenvalue weighted by molar-refractivity contribution is 0.0659. The number of hydrogen-bond donors (Lipinski definition) is 0. The van der Waals surface area contributed by atoms with Crippen molar-refractivity contribution in [3.05, 3.63) is 76.7 Å². The summed E-state index contributed by atoms with van der Waals surface area (Å²) < 4.78 is 43.3. The van der Waals surface area contributed by atoms with Crippen molar-refractivity contribution < 1.29 is 22.0 Å². The van der Waals surface area contributed by atoms with Crippen molar-refractivity contribution in [2.24, 2.45) is 0 Å². The first-order chi connectivity index (χ1) is 15.3. The van der Waals surface area contributed by atoms with Gasteiger partial charge in [-0.15, -0.1) is 0 Å². The Morgan fingerprint density at radius 2 is 2.09 bits per heavy atom. The summed E-state index contributed by atoms with van der Waals surface area (Å²) >= 11 is 7.41. The first-order valence-electron chi connectivity index (χ1n) is 9.75. The second kappa shape index (κ2) is 9.60. The lowest BCUT2D eigenvalue weighted by Gasteiger charge is -2.27. The molecule has 168 valence electrons. The molecule has 1 aliphatic rings. The molecule has 0 aliphatic carbocycles. The molecule has 11 heteroatoms. The zero-order chi connectivity index (χ0) is 22.7. The fraction of sp³-hybridized carbons (Fsp3) is 0.286. The van der Waals surface area contributed by atoms with E-state index in [1.54, 1.807) is 30.3 Å². The number of rotatable bonds is 7. The van der Waals surface area contributed by atoms with Gasteiger partial charge in [0.25, 0.3) is 5.91 Å². The summed E-state index contributed by atoms with van der Waals surface area (Å²) in [6.45, 7) is 0.0874. The van der Waals surface area contributed by atoms with Crippen molar-refractivity contribution in [2.75, 3.05) is 11.5 Å². The molecule has 0 spiro atoms. The van der Waals surface area contributed by atoms with Gasteiger partial charge in [-0.2, -0.15) is 0 Å². The number of halogens is 2. The Morgan fingerprint density at radius 3 is 2.78 bits per heavy atom. The van der Waals surface area contributed by atoms with Crippen LogP contribution in [0.5, 0.6) is 0 Å². The van der Waals surface area contributed by atoms with Crippen LogP contribution >= 0.6 is 23.4 Å². The molecule has 4 rings (SSSR count). The van der Waals surface area contributed by atoms with Crippen molar-refractivity contribution in [3.8, 4) is 0 Å². The molecule has 32 heavy (non-hydrogen) atoms. The van der Waals surface area contributed by atoms with Crippen LogP contribution in [0.25, 0.3) is 0 Å². The molecule has 1 atom stereocenters. The molecule has 3 heterocycles. The molecule has 7 nitrogen and oxygen atoms in total. The second-order valence-corrected chi connectivity index (χ2v) is 10.9. The Labute approximate surface area is 193 Å². The Balaban J connectivity index is 1.58. The summed E-state index contributed by atoms with van der Waals surface area (Å²) in [5, 5.41) is 0.313. The maximum Gasteiger partial charge on any atom is 0.274 e. The summed E-state index contributed by atoms with van der Waals surface area (Å²) in [5.74, 6) is -0.167. The summed E-state index contributed by atoms with van der Waals surface area (Å²) in [5.41, 5.74) is 0.452. The van der Waals surface area contributed by atoms with Crippen LogP contribution in [-0.2, 0) is 22.1 Å². The SMILES string of the molecule is O=C(c1nc(SCc2ccccc2F)ncc1Cl)N(Cc1ccco1)[C@H]1CCS(=O)(=O)C1. The molecule has 1 saturated heterocycles. The average molecular weight is 496 g/mol. The molecule has 1 amide bonds. The zero-order valence-electron chi connectivity index (χ0n) is 16.8. The average Bonchev–Trinajstić information content (AvgIpc) is 3.41. The first-order valence-corrected chi connectivity index (χ1v) is 12.9. The highest BCUT2D eigenvalue weighted by atomic mass is 35.5. The fourth-order valence-corrected chi connectivity index (χ4v) is 6.13. The van der Waals surface area contributed by atoms with Gasteiger partial charge >= 0.3 is 0 Å². The molecule has 1 aromatic carbocycles. The van der Waals surface area contributed by atoms with E-state index < -0.39 is 21.8 Å². The molecule has 3 aromatic rings. The minimum Gasteiger partial charge on any atom is -0.467 e. The Hall–Kier alpha value is -2.43. The van der Waals surface area contributed by atoms with Gasteiger partial charge in [0.2, 0.25) is 0 Å². The van der Waals surface area contributed by atoms with Crippen LogP contribution in [0.4, 0.5) is 4.39 Å². The van der Waals surface area contributed by atoms with E-state index in [0.29, 0.717) is 17.7 Å². The predicted molar refractivity (Wildman–Crippen MR) is 119 cm³/mol. The van der Waals surface area contributed by atoms with Crippen LogP contribution in [0.3, 0.4) is 0 Å². The van der Waals surface area contributed by atoms with Crippen LogP contribution in [-0.4, -0.2) is 46.7 Å². The number of hydrogen-bond acceptors (Lipinski definition) is 7. The van der Waals surface area contributed by atoms with Gasteiger partial charge in [-0.3, -0.25) is 4.79 Å². The van der Waals surface area contributed by atoms with Crippen LogP contribution in [0.2, 0.25) is 5.02 Å². The standard InChI is InChI=1S/C21H19ClFN3O4S2/c22-17-10-24-21(31-12-14-4-1-2-6-18(14)23)25-19(17)20(27)26(11-16-5-3-8-30-16)15-7-9-32(28,29)13-15/h1-6,8,10,15H,7,9,11-13H2/t15-/m0/s1. The molecule has 2 aromatic heterocycles. The van der Waals surface area contributed by atoms with Crippen molar-refractivity contribution >= 4 is 39.1 Å². The van der Waals surface area contributed by atoms with Gasteiger partial charge in [0.15, 0.2) is 20.7 Å². The minimum atomic E-state index is -3.23. The topological polar surface area (TPSA) is 93.4 Å². The smallest absolute Gasteiger partial charge is 0.274 e. The van der Waals surface area contributed by atoms with E-state index in [4.69, 9.17) is 16.0 Å². The van der Waals surface area contributed by atoms with E-state index in [1.807, 2.05) is 0 Å². The predicted octanol–water partition coefficient (Wildman–Crippen LogP) is 3.98. The summed E-state index contributed by atoms with van der Waals surface area (Å²) in [6.07, 6.45) is 3.13. The molecule has 0 radical (unpaired) electrons. The Morgan fingerprint density at radius 1 is 1.28 bits per heavy atom. The number of nitrogens with zero attached hydrogens (tertiary/aromatic N) is 3. The van der Waals surface area contributed by atoms with Gasteiger partial charge in [0.1, 0.15) is 11.6 Å².